The molecule has 1 saturated heterocycles. The highest BCUT2D eigenvalue weighted by molar-refractivity contribution is 6.00. The Morgan fingerprint density at radius 3 is 2.61 bits per heavy atom. The number of hydrogen-bond acceptors (Lipinski definition) is 5. The van der Waals surface area contributed by atoms with E-state index in [0.29, 0.717) is 35.8 Å². The topological polar surface area (TPSA) is 97.0 Å². The van der Waals surface area contributed by atoms with Crippen LogP contribution < -0.4 is 15.4 Å². The number of hydrogen-bond donors (Lipinski definition) is 2. The van der Waals surface area contributed by atoms with E-state index in [1.54, 1.807) is 30.1 Å². The summed E-state index contributed by atoms with van der Waals surface area (Å²) in [4.78, 5) is 39.9. The molecule has 3 atom stereocenters. The van der Waals surface area contributed by atoms with Crippen LogP contribution in [-0.2, 0) is 20.7 Å². The molecule has 0 bridgehead atoms. The Morgan fingerprint density at radius 1 is 1.03 bits per heavy atom. The fourth-order valence-corrected chi connectivity index (χ4v) is 4.95. The van der Waals surface area contributed by atoms with E-state index in [2.05, 4.69) is 10.6 Å². The fraction of sp³-hybridized carbons (Fsp3) is 0.464. The normalized spacial score (nSPS) is 23.4. The van der Waals surface area contributed by atoms with Gasteiger partial charge in [0.05, 0.1) is 30.6 Å². The molecule has 2 aromatic rings. The summed E-state index contributed by atoms with van der Waals surface area (Å²) in [7, 11) is 1.78. The molecule has 2 fully saturated rings. The van der Waals surface area contributed by atoms with Crippen molar-refractivity contribution in [2.24, 2.45) is 5.92 Å². The number of carbonyl (C=O) groups excluding carboxylic acids is 3. The van der Waals surface area contributed by atoms with E-state index in [-0.39, 0.29) is 49.0 Å². The maximum absolute atomic E-state index is 13.4. The van der Waals surface area contributed by atoms with Crippen molar-refractivity contribution in [3.05, 3.63) is 59.7 Å². The molecule has 3 amide bonds. The van der Waals surface area contributed by atoms with Crippen molar-refractivity contribution in [1.29, 1.82) is 0 Å². The van der Waals surface area contributed by atoms with Gasteiger partial charge < -0.3 is 25.0 Å². The lowest BCUT2D eigenvalue weighted by molar-refractivity contribution is -0.134. The fourth-order valence-electron chi connectivity index (χ4n) is 4.95. The lowest BCUT2D eigenvalue weighted by Gasteiger charge is -2.42. The summed E-state index contributed by atoms with van der Waals surface area (Å²) in [5.41, 5.74) is 1.88. The number of anilines is 1. The van der Waals surface area contributed by atoms with Crippen LogP contribution in [0.3, 0.4) is 0 Å². The number of rotatable bonds is 7. The van der Waals surface area contributed by atoms with E-state index in [9.17, 15) is 14.4 Å². The first-order chi connectivity index (χ1) is 17.5. The Morgan fingerprint density at radius 2 is 1.83 bits per heavy atom. The van der Waals surface area contributed by atoms with Crippen LogP contribution in [0, 0.1) is 5.92 Å². The van der Waals surface area contributed by atoms with E-state index in [1.807, 2.05) is 30.3 Å². The molecule has 1 saturated carbocycles. The van der Waals surface area contributed by atoms with Crippen LogP contribution in [0.2, 0.25) is 0 Å². The first kappa shape index (κ1) is 24.3. The molecule has 8 heteroatoms. The zero-order valence-corrected chi connectivity index (χ0v) is 20.6. The minimum atomic E-state index is -0.313. The van der Waals surface area contributed by atoms with E-state index >= 15 is 0 Å². The van der Waals surface area contributed by atoms with Crippen LogP contribution >= 0.6 is 0 Å². The van der Waals surface area contributed by atoms with Gasteiger partial charge in [-0.3, -0.25) is 14.4 Å². The van der Waals surface area contributed by atoms with Crippen molar-refractivity contribution in [1.82, 2.24) is 10.2 Å². The van der Waals surface area contributed by atoms with Crippen molar-refractivity contribution in [2.75, 3.05) is 25.5 Å². The van der Waals surface area contributed by atoms with Gasteiger partial charge in [0.1, 0.15) is 18.5 Å². The molecule has 0 unspecified atom stereocenters. The van der Waals surface area contributed by atoms with E-state index in [1.165, 1.54) is 12.8 Å². The number of nitrogens with zero attached hydrogens (tertiary/aromatic N) is 1. The van der Waals surface area contributed by atoms with Crippen molar-refractivity contribution in [3.63, 3.8) is 0 Å². The zero-order chi connectivity index (χ0) is 25.1. The third-order valence-corrected chi connectivity index (χ3v) is 7.20. The summed E-state index contributed by atoms with van der Waals surface area (Å²) in [6, 6.07) is 14.5. The molecule has 8 nitrogen and oxygen atoms in total. The number of amides is 3. The van der Waals surface area contributed by atoms with Gasteiger partial charge in [0.15, 0.2) is 0 Å². The third kappa shape index (κ3) is 5.87. The molecule has 190 valence electrons. The van der Waals surface area contributed by atoms with E-state index in [4.69, 9.17) is 9.47 Å². The van der Waals surface area contributed by atoms with E-state index in [0.717, 1.165) is 18.5 Å². The Kier molecular flexibility index (Phi) is 7.23. The molecule has 0 spiro atoms. The zero-order valence-electron chi connectivity index (χ0n) is 20.6. The monoisotopic (exact) mass is 491 g/mol. The second kappa shape index (κ2) is 10.7. The smallest absolute Gasteiger partial charge is 0.257 e. The number of ether oxygens (including phenoxy) is 2. The van der Waals surface area contributed by atoms with Crippen LogP contribution in [0.15, 0.2) is 48.5 Å². The van der Waals surface area contributed by atoms with Crippen LogP contribution in [-0.4, -0.2) is 61.1 Å². The highest BCUT2D eigenvalue weighted by Crippen LogP contribution is 2.33. The SMILES string of the molecule is CN1C(=O)c2cc(NC(=O)Cc3ccccc3)ccc2OC[C@H]2O[C@@H](CC(=O)NCC3CC3)CC[C@H]21. The molecule has 5 rings (SSSR count). The van der Waals surface area contributed by atoms with Gasteiger partial charge in [0, 0.05) is 19.3 Å². The predicted molar refractivity (Wildman–Crippen MR) is 135 cm³/mol. The second-order valence-corrected chi connectivity index (χ2v) is 10.0. The van der Waals surface area contributed by atoms with Crippen molar-refractivity contribution < 1.29 is 23.9 Å². The molecule has 2 aliphatic heterocycles. The van der Waals surface area contributed by atoms with Crippen LogP contribution in [0.25, 0.3) is 0 Å². The summed E-state index contributed by atoms with van der Waals surface area (Å²) in [5.74, 6) is 0.791. The Hall–Kier alpha value is -3.39. The van der Waals surface area contributed by atoms with Gasteiger partial charge in [0.2, 0.25) is 11.8 Å². The van der Waals surface area contributed by atoms with Crippen LogP contribution in [0.4, 0.5) is 5.69 Å². The van der Waals surface area contributed by atoms with Gasteiger partial charge in [-0.1, -0.05) is 30.3 Å². The molecular weight excluding hydrogens is 458 g/mol. The number of benzene rings is 2. The van der Waals surface area contributed by atoms with Gasteiger partial charge in [-0.25, -0.2) is 0 Å². The van der Waals surface area contributed by atoms with Crippen molar-refractivity contribution in [2.45, 2.75) is 56.8 Å². The molecule has 0 radical (unpaired) electrons. The summed E-state index contributed by atoms with van der Waals surface area (Å²) < 4.78 is 12.3. The minimum absolute atomic E-state index is 0.0220. The quantitative estimate of drug-likeness (QED) is 0.620. The number of carbonyl (C=O) groups is 3. The number of likely N-dealkylation sites (N-methyl/N-ethyl adjacent to an activating group) is 1. The molecule has 0 aromatic heterocycles. The molecule has 3 aliphatic rings. The highest BCUT2D eigenvalue weighted by atomic mass is 16.5. The lowest BCUT2D eigenvalue weighted by Crippen LogP contribution is -2.54. The Bertz CT molecular complexity index is 1120. The molecule has 2 heterocycles. The molecule has 2 aromatic carbocycles. The lowest BCUT2D eigenvalue weighted by atomic mass is 9.94. The molecule has 36 heavy (non-hydrogen) atoms. The average Bonchev–Trinajstić information content (AvgIpc) is 3.70. The first-order valence-electron chi connectivity index (χ1n) is 12.8. The highest BCUT2D eigenvalue weighted by Gasteiger charge is 2.39. The van der Waals surface area contributed by atoms with Crippen molar-refractivity contribution >= 4 is 23.4 Å². The van der Waals surface area contributed by atoms with Gasteiger partial charge in [0.25, 0.3) is 5.91 Å². The van der Waals surface area contributed by atoms with Gasteiger partial charge in [-0.05, 0) is 55.4 Å². The number of nitrogens with one attached hydrogen (secondary N) is 2. The van der Waals surface area contributed by atoms with Gasteiger partial charge in [-0.2, -0.15) is 0 Å². The van der Waals surface area contributed by atoms with Gasteiger partial charge >= 0.3 is 0 Å². The van der Waals surface area contributed by atoms with Crippen LogP contribution in [0.1, 0.15) is 48.0 Å². The Labute approximate surface area is 211 Å². The summed E-state index contributed by atoms with van der Waals surface area (Å²) >= 11 is 0. The van der Waals surface area contributed by atoms with Gasteiger partial charge in [-0.15, -0.1) is 0 Å². The average molecular weight is 492 g/mol. The summed E-state index contributed by atoms with van der Waals surface area (Å²) in [6.07, 6.45) is 3.93. The summed E-state index contributed by atoms with van der Waals surface area (Å²) in [6.45, 7) is 1.04. The molecular formula is C28H33N3O5. The maximum atomic E-state index is 13.4. The Balaban J connectivity index is 1.22. The molecule has 2 N–H and O–H groups in total. The summed E-state index contributed by atoms with van der Waals surface area (Å²) in [5, 5.41) is 5.89. The predicted octanol–water partition coefficient (Wildman–Crippen LogP) is 3.16. The van der Waals surface area contributed by atoms with Crippen molar-refractivity contribution in [3.8, 4) is 5.75 Å². The maximum Gasteiger partial charge on any atom is 0.257 e. The third-order valence-electron chi connectivity index (χ3n) is 7.20. The van der Waals surface area contributed by atoms with E-state index < -0.39 is 0 Å². The first-order valence-corrected chi connectivity index (χ1v) is 12.8. The largest absolute Gasteiger partial charge is 0.490 e. The number of fused-ring (bicyclic) bond motifs is 2. The second-order valence-electron chi connectivity index (χ2n) is 10.0. The minimum Gasteiger partial charge on any atom is -0.490 e. The standard InChI is InChI=1S/C28H33N3O5/c1-31-23-11-10-21(15-26(32)29-16-19-7-8-19)36-25(23)17-35-24-12-9-20(14-22(24)28(31)34)30-27(33)13-18-5-3-2-4-6-18/h2-6,9,12,14,19,21,23,25H,7-8,10-11,13,15-17H2,1H3,(H,29,32)(H,30,33)/t21-,23-,25-/m1/s1. The molecule has 1 aliphatic carbocycles. The van der Waals surface area contributed by atoms with Crippen LogP contribution in [0.5, 0.6) is 5.75 Å².